The standard InChI is InChI=1S/C18H28O4Si/c1-18(2,3)22-17(19)16(23(6,7)8)12-13-9-10-14(20-4)15(11-13)21-5/h9-12H,1-8H3/b16-12-. The summed E-state index contributed by atoms with van der Waals surface area (Å²) in [6, 6.07) is 5.61. The molecule has 0 heterocycles. The average Bonchev–Trinajstić information content (AvgIpc) is 2.41. The summed E-state index contributed by atoms with van der Waals surface area (Å²) in [7, 11) is 1.33. The smallest absolute Gasteiger partial charge is 0.330 e. The van der Waals surface area contributed by atoms with E-state index in [1.807, 2.05) is 45.0 Å². The van der Waals surface area contributed by atoms with Crippen LogP contribution in [0.1, 0.15) is 26.3 Å². The van der Waals surface area contributed by atoms with Crippen molar-refractivity contribution in [2.45, 2.75) is 46.0 Å². The average molecular weight is 337 g/mol. The lowest BCUT2D eigenvalue weighted by Gasteiger charge is -2.25. The zero-order valence-corrected chi connectivity index (χ0v) is 16.4. The van der Waals surface area contributed by atoms with Crippen molar-refractivity contribution in [2.24, 2.45) is 0 Å². The second kappa shape index (κ2) is 7.21. The molecule has 128 valence electrons. The van der Waals surface area contributed by atoms with Crippen LogP contribution >= 0.6 is 0 Å². The normalized spacial score (nSPS) is 12.8. The molecule has 4 nitrogen and oxygen atoms in total. The molecule has 0 radical (unpaired) electrons. The third kappa shape index (κ3) is 5.75. The van der Waals surface area contributed by atoms with E-state index in [9.17, 15) is 4.79 Å². The van der Waals surface area contributed by atoms with Gasteiger partial charge in [-0.2, -0.15) is 0 Å². The van der Waals surface area contributed by atoms with E-state index in [4.69, 9.17) is 14.2 Å². The SMILES string of the molecule is COc1ccc(/C=C(/C(=O)OC(C)(C)C)[Si](C)(C)C)cc1OC. The van der Waals surface area contributed by atoms with Crippen molar-refractivity contribution < 1.29 is 19.0 Å². The van der Waals surface area contributed by atoms with Gasteiger partial charge in [0.05, 0.1) is 22.3 Å². The van der Waals surface area contributed by atoms with E-state index in [2.05, 4.69) is 19.6 Å². The molecule has 0 fully saturated rings. The van der Waals surface area contributed by atoms with Crippen LogP contribution in [0.3, 0.4) is 0 Å². The van der Waals surface area contributed by atoms with Crippen LogP contribution in [0.25, 0.3) is 6.08 Å². The molecule has 0 bridgehead atoms. The van der Waals surface area contributed by atoms with E-state index in [0.29, 0.717) is 11.5 Å². The van der Waals surface area contributed by atoms with Crippen molar-refractivity contribution in [1.82, 2.24) is 0 Å². The van der Waals surface area contributed by atoms with E-state index in [-0.39, 0.29) is 5.97 Å². The zero-order chi connectivity index (χ0) is 17.8. The Hall–Kier alpha value is -1.75. The lowest BCUT2D eigenvalue weighted by atomic mass is 10.1. The van der Waals surface area contributed by atoms with Crippen LogP contribution in [-0.4, -0.2) is 33.9 Å². The van der Waals surface area contributed by atoms with E-state index in [1.165, 1.54) is 0 Å². The number of hydrogen-bond acceptors (Lipinski definition) is 4. The summed E-state index contributed by atoms with van der Waals surface area (Å²) in [6.07, 6.45) is 1.91. The van der Waals surface area contributed by atoms with Crippen molar-refractivity contribution >= 4 is 20.1 Å². The highest BCUT2D eigenvalue weighted by Gasteiger charge is 2.30. The highest BCUT2D eigenvalue weighted by atomic mass is 28.3. The molecule has 23 heavy (non-hydrogen) atoms. The number of benzene rings is 1. The topological polar surface area (TPSA) is 44.8 Å². The van der Waals surface area contributed by atoms with Crippen LogP contribution in [0.2, 0.25) is 19.6 Å². The lowest BCUT2D eigenvalue weighted by Crippen LogP contribution is -2.34. The maximum atomic E-state index is 12.6. The van der Waals surface area contributed by atoms with Gasteiger partial charge in [0.2, 0.25) is 0 Å². The van der Waals surface area contributed by atoms with Gasteiger partial charge >= 0.3 is 5.97 Å². The number of rotatable bonds is 5. The Bertz CT molecular complexity index is 592. The fourth-order valence-corrected chi connectivity index (χ4v) is 3.29. The van der Waals surface area contributed by atoms with Gasteiger partial charge in [-0.05, 0) is 44.5 Å². The predicted molar refractivity (Wildman–Crippen MR) is 96.7 cm³/mol. The highest BCUT2D eigenvalue weighted by molar-refractivity contribution is 6.87. The molecule has 1 rings (SSSR count). The lowest BCUT2D eigenvalue weighted by molar-refractivity contribution is -0.149. The van der Waals surface area contributed by atoms with E-state index >= 15 is 0 Å². The molecular formula is C18H28O4Si. The van der Waals surface area contributed by atoms with Crippen LogP contribution in [0.15, 0.2) is 23.4 Å². The summed E-state index contributed by atoms with van der Waals surface area (Å²) in [6.45, 7) is 12.0. The summed E-state index contributed by atoms with van der Waals surface area (Å²) >= 11 is 0. The Morgan fingerprint density at radius 1 is 1.04 bits per heavy atom. The molecule has 1 aromatic carbocycles. The van der Waals surface area contributed by atoms with Gasteiger partial charge in [-0.25, -0.2) is 4.79 Å². The molecule has 0 N–H and O–H groups in total. The van der Waals surface area contributed by atoms with Crippen molar-refractivity contribution in [1.29, 1.82) is 0 Å². The van der Waals surface area contributed by atoms with Crippen molar-refractivity contribution in [2.75, 3.05) is 14.2 Å². The van der Waals surface area contributed by atoms with E-state index < -0.39 is 13.7 Å². The van der Waals surface area contributed by atoms with E-state index in [0.717, 1.165) is 10.8 Å². The quantitative estimate of drug-likeness (QED) is 0.457. The van der Waals surface area contributed by atoms with Gasteiger partial charge in [0.15, 0.2) is 11.5 Å². The number of esters is 1. The van der Waals surface area contributed by atoms with Crippen LogP contribution in [-0.2, 0) is 9.53 Å². The molecule has 0 saturated heterocycles. The molecular weight excluding hydrogens is 308 g/mol. The van der Waals surface area contributed by atoms with Crippen molar-refractivity contribution in [3.8, 4) is 11.5 Å². The molecule has 0 aliphatic heterocycles. The van der Waals surface area contributed by atoms with Crippen molar-refractivity contribution in [3.63, 3.8) is 0 Å². The second-order valence-electron chi connectivity index (χ2n) is 7.42. The fourth-order valence-electron chi connectivity index (χ4n) is 2.02. The Balaban J connectivity index is 3.28. The fraction of sp³-hybridized carbons (Fsp3) is 0.500. The summed E-state index contributed by atoms with van der Waals surface area (Å²) in [5.41, 5.74) is 0.388. The molecule has 0 unspecified atom stereocenters. The Labute approximate surface area is 140 Å². The van der Waals surface area contributed by atoms with Gasteiger partial charge in [0, 0.05) is 5.20 Å². The summed E-state index contributed by atoms with van der Waals surface area (Å²) in [4.78, 5) is 12.6. The van der Waals surface area contributed by atoms with Crippen LogP contribution in [0, 0.1) is 0 Å². The first kappa shape index (κ1) is 19.3. The largest absolute Gasteiger partial charge is 0.493 e. The van der Waals surface area contributed by atoms with Crippen LogP contribution in [0.5, 0.6) is 11.5 Å². The number of methoxy groups -OCH3 is 2. The molecule has 0 aromatic heterocycles. The summed E-state index contributed by atoms with van der Waals surface area (Å²) in [5, 5.41) is 0.750. The zero-order valence-electron chi connectivity index (χ0n) is 15.4. The van der Waals surface area contributed by atoms with Gasteiger partial charge in [-0.15, -0.1) is 0 Å². The highest BCUT2D eigenvalue weighted by Crippen LogP contribution is 2.30. The molecule has 1 aromatic rings. The molecule has 5 heteroatoms. The number of carbonyl (C=O) groups is 1. The number of hydrogen-bond donors (Lipinski definition) is 0. The molecule has 0 amide bonds. The van der Waals surface area contributed by atoms with Gasteiger partial charge in [0.25, 0.3) is 0 Å². The van der Waals surface area contributed by atoms with Gasteiger partial charge in [0.1, 0.15) is 5.60 Å². The first-order chi connectivity index (χ1) is 10.5. The van der Waals surface area contributed by atoms with Gasteiger partial charge < -0.3 is 14.2 Å². The number of carbonyl (C=O) groups excluding carboxylic acids is 1. The van der Waals surface area contributed by atoms with Crippen LogP contribution in [0.4, 0.5) is 0 Å². The molecule has 0 aliphatic rings. The summed E-state index contributed by atoms with van der Waals surface area (Å²) < 4.78 is 16.1. The van der Waals surface area contributed by atoms with Crippen molar-refractivity contribution in [3.05, 3.63) is 29.0 Å². The van der Waals surface area contributed by atoms with Crippen LogP contribution < -0.4 is 9.47 Å². The molecule has 0 saturated carbocycles. The molecule has 0 spiro atoms. The minimum atomic E-state index is -1.87. The maximum Gasteiger partial charge on any atom is 0.330 e. The third-order valence-electron chi connectivity index (χ3n) is 3.15. The monoisotopic (exact) mass is 336 g/mol. The second-order valence-corrected chi connectivity index (χ2v) is 12.5. The number of ether oxygens (including phenoxy) is 3. The predicted octanol–water partition coefficient (Wildman–Crippen LogP) is 4.31. The molecule has 0 atom stereocenters. The minimum absolute atomic E-state index is 0.244. The first-order valence-corrected chi connectivity index (χ1v) is 11.2. The Kier molecular flexibility index (Phi) is 6.05. The van der Waals surface area contributed by atoms with Gasteiger partial charge in [-0.1, -0.05) is 25.7 Å². The summed E-state index contributed by atoms with van der Waals surface area (Å²) in [5.74, 6) is 1.06. The Morgan fingerprint density at radius 3 is 2.04 bits per heavy atom. The maximum absolute atomic E-state index is 12.6. The molecule has 0 aliphatic carbocycles. The minimum Gasteiger partial charge on any atom is -0.493 e. The Morgan fingerprint density at radius 2 is 1.61 bits per heavy atom. The van der Waals surface area contributed by atoms with Gasteiger partial charge in [-0.3, -0.25) is 0 Å². The third-order valence-corrected chi connectivity index (χ3v) is 5.11. The first-order valence-electron chi connectivity index (χ1n) is 7.65. The van der Waals surface area contributed by atoms with E-state index in [1.54, 1.807) is 14.2 Å².